The molecule has 3 aliphatic rings. The first-order valence-corrected chi connectivity index (χ1v) is 4.74. The first kappa shape index (κ1) is 6.24. The monoisotopic (exact) mass is 150 g/mol. The van der Waals surface area contributed by atoms with E-state index in [1.807, 2.05) is 0 Å². The molecule has 1 aliphatic heterocycles. The summed E-state index contributed by atoms with van der Waals surface area (Å²) < 4.78 is 5.24. The van der Waals surface area contributed by atoms with Crippen LogP contribution in [0.3, 0.4) is 0 Å². The maximum absolute atomic E-state index is 5.24. The summed E-state index contributed by atoms with van der Waals surface area (Å²) in [5.41, 5.74) is 1.73. The first-order valence-electron chi connectivity index (χ1n) is 4.74. The van der Waals surface area contributed by atoms with E-state index in [-0.39, 0.29) is 0 Å². The second-order valence-corrected chi connectivity index (χ2v) is 4.17. The fourth-order valence-corrected chi connectivity index (χ4v) is 2.63. The van der Waals surface area contributed by atoms with Crippen molar-refractivity contribution in [2.24, 2.45) is 11.8 Å². The first-order chi connectivity index (χ1) is 5.42. The molecule has 60 valence electrons. The third-order valence-electron chi connectivity index (χ3n) is 3.31. The third-order valence-corrected chi connectivity index (χ3v) is 3.31. The second-order valence-electron chi connectivity index (χ2n) is 4.17. The number of epoxide rings is 1. The lowest BCUT2D eigenvalue weighted by Gasteiger charge is -2.11. The van der Waals surface area contributed by atoms with Crippen molar-refractivity contribution in [2.75, 3.05) is 6.61 Å². The van der Waals surface area contributed by atoms with Crippen molar-refractivity contribution < 1.29 is 4.74 Å². The molecule has 0 aromatic heterocycles. The van der Waals surface area contributed by atoms with Crippen LogP contribution < -0.4 is 0 Å². The van der Waals surface area contributed by atoms with Crippen molar-refractivity contribution in [3.8, 4) is 0 Å². The highest BCUT2D eigenvalue weighted by Gasteiger charge is 2.35. The number of hydrogen-bond donors (Lipinski definition) is 0. The number of rotatable bonds is 2. The Morgan fingerprint density at radius 2 is 2.36 bits per heavy atom. The van der Waals surface area contributed by atoms with Crippen LogP contribution >= 0.6 is 0 Å². The molecular formula is C10H14O. The van der Waals surface area contributed by atoms with Crippen LogP contribution in [0, 0.1) is 11.8 Å². The largest absolute Gasteiger partial charge is 0.373 e. The van der Waals surface area contributed by atoms with Gasteiger partial charge < -0.3 is 4.74 Å². The molecule has 0 radical (unpaired) electrons. The van der Waals surface area contributed by atoms with Gasteiger partial charge in [-0.25, -0.2) is 0 Å². The molecule has 0 amide bonds. The Morgan fingerprint density at radius 1 is 1.45 bits per heavy atom. The standard InChI is InChI=1S/C10H14O/c1-2-8-3-7(1)4-9(8)5-10-6-11-10/h4,7-8,10H,1-3,5-6H2. The minimum atomic E-state index is 0.612. The molecule has 2 bridgehead atoms. The van der Waals surface area contributed by atoms with Crippen molar-refractivity contribution in [2.45, 2.75) is 31.8 Å². The lowest BCUT2D eigenvalue weighted by molar-refractivity contribution is 0.400. The average molecular weight is 150 g/mol. The quantitative estimate of drug-likeness (QED) is 0.434. The van der Waals surface area contributed by atoms with Gasteiger partial charge in [0.25, 0.3) is 0 Å². The smallest absolute Gasteiger partial charge is 0.0847 e. The normalized spacial score (nSPS) is 46.2. The highest BCUT2D eigenvalue weighted by Crippen LogP contribution is 2.46. The van der Waals surface area contributed by atoms with Crippen molar-refractivity contribution >= 4 is 0 Å². The molecule has 1 heteroatoms. The molecule has 2 fully saturated rings. The molecule has 1 saturated heterocycles. The van der Waals surface area contributed by atoms with Crippen molar-refractivity contribution in [1.29, 1.82) is 0 Å². The van der Waals surface area contributed by atoms with Crippen LogP contribution in [0.5, 0.6) is 0 Å². The fourth-order valence-electron chi connectivity index (χ4n) is 2.63. The van der Waals surface area contributed by atoms with E-state index >= 15 is 0 Å². The van der Waals surface area contributed by atoms with E-state index < -0.39 is 0 Å². The summed E-state index contributed by atoms with van der Waals surface area (Å²) in [6.07, 6.45) is 8.77. The molecule has 3 rings (SSSR count). The SMILES string of the molecule is C1=C(CC2CO2)C2CCC1C2. The summed E-state index contributed by atoms with van der Waals surface area (Å²) in [5.74, 6) is 1.91. The Bertz CT molecular complexity index is 203. The summed E-state index contributed by atoms with van der Waals surface area (Å²) in [6, 6.07) is 0. The van der Waals surface area contributed by atoms with E-state index in [1.54, 1.807) is 5.57 Å². The van der Waals surface area contributed by atoms with Crippen molar-refractivity contribution in [3.05, 3.63) is 11.6 Å². The van der Waals surface area contributed by atoms with E-state index in [4.69, 9.17) is 4.74 Å². The molecule has 0 aromatic rings. The summed E-state index contributed by atoms with van der Waals surface area (Å²) in [5, 5.41) is 0. The number of ether oxygens (including phenoxy) is 1. The van der Waals surface area contributed by atoms with Gasteiger partial charge in [0.05, 0.1) is 12.7 Å². The minimum absolute atomic E-state index is 0.612. The highest BCUT2D eigenvalue weighted by atomic mass is 16.6. The van der Waals surface area contributed by atoms with Crippen LogP contribution in [0.4, 0.5) is 0 Å². The van der Waals surface area contributed by atoms with Crippen LogP contribution in [0.25, 0.3) is 0 Å². The molecular weight excluding hydrogens is 136 g/mol. The minimum Gasteiger partial charge on any atom is -0.373 e. The Balaban J connectivity index is 1.72. The van der Waals surface area contributed by atoms with Gasteiger partial charge >= 0.3 is 0 Å². The Morgan fingerprint density at radius 3 is 2.91 bits per heavy atom. The molecule has 1 nitrogen and oxygen atoms in total. The Kier molecular flexibility index (Phi) is 1.19. The molecule has 0 aromatic carbocycles. The van der Waals surface area contributed by atoms with Gasteiger partial charge in [-0.3, -0.25) is 0 Å². The molecule has 3 unspecified atom stereocenters. The van der Waals surface area contributed by atoms with Crippen LogP contribution in [0.1, 0.15) is 25.7 Å². The average Bonchev–Trinajstić information content (AvgIpc) is 2.61. The van der Waals surface area contributed by atoms with Crippen LogP contribution in [0.15, 0.2) is 11.6 Å². The number of fused-ring (bicyclic) bond motifs is 2. The zero-order valence-corrected chi connectivity index (χ0v) is 6.75. The van der Waals surface area contributed by atoms with Crippen LogP contribution in [-0.2, 0) is 4.74 Å². The molecule has 0 N–H and O–H groups in total. The predicted octanol–water partition coefficient (Wildman–Crippen LogP) is 2.13. The highest BCUT2D eigenvalue weighted by molar-refractivity contribution is 5.20. The van der Waals surface area contributed by atoms with Gasteiger partial charge in [0.2, 0.25) is 0 Å². The topological polar surface area (TPSA) is 12.5 Å². The second kappa shape index (κ2) is 2.10. The lowest BCUT2D eigenvalue weighted by atomic mass is 9.95. The zero-order chi connectivity index (χ0) is 7.26. The zero-order valence-electron chi connectivity index (χ0n) is 6.75. The molecule has 3 atom stereocenters. The Labute approximate surface area is 67.4 Å². The van der Waals surface area contributed by atoms with Gasteiger partial charge in [-0.2, -0.15) is 0 Å². The molecule has 1 saturated carbocycles. The maximum Gasteiger partial charge on any atom is 0.0847 e. The van der Waals surface area contributed by atoms with Gasteiger partial charge in [-0.15, -0.1) is 0 Å². The number of allylic oxidation sites excluding steroid dienone is 1. The van der Waals surface area contributed by atoms with E-state index in [1.165, 1.54) is 25.7 Å². The fraction of sp³-hybridized carbons (Fsp3) is 0.800. The van der Waals surface area contributed by atoms with Gasteiger partial charge in [0, 0.05) is 0 Å². The lowest BCUT2D eigenvalue weighted by Crippen LogP contribution is -2.00. The van der Waals surface area contributed by atoms with E-state index in [9.17, 15) is 0 Å². The molecule has 1 heterocycles. The van der Waals surface area contributed by atoms with Crippen LogP contribution in [0.2, 0.25) is 0 Å². The summed E-state index contributed by atoms with van der Waals surface area (Å²) >= 11 is 0. The predicted molar refractivity (Wildman–Crippen MR) is 43.3 cm³/mol. The molecule has 11 heavy (non-hydrogen) atoms. The van der Waals surface area contributed by atoms with Crippen molar-refractivity contribution in [1.82, 2.24) is 0 Å². The van der Waals surface area contributed by atoms with Gasteiger partial charge in [-0.1, -0.05) is 11.6 Å². The van der Waals surface area contributed by atoms with Crippen molar-refractivity contribution in [3.63, 3.8) is 0 Å². The van der Waals surface area contributed by atoms with E-state index in [2.05, 4.69) is 6.08 Å². The van der Waals surface area contributed by atoms with E-state index in [0.29, 0.717) is 6.10 Å². The molecule has 2 aliphatic carbocycles. The van der Waals surface area contributed by atoms with Gasteiger partial charge in [0.15, 0.2) is 0 Å². The summed E-state index contributed by atoms with van der Waals surface area (Å²) in [4.78, 5) is 0. The Hall–Kier alpha value is -0.300. The summed E-state index contributed by atoms with van der Waals surface area (Å²) in [6.45, 7) is 1.02. The maximum atomic E-state index is 5.24. The van der Waals surface area contributed by atoms with E-state index in [0.717, 1.165) is 18.4 Å². The van der Waals surface area contributed by atoms with Crippen LogP contribution in [-0.4, -0.2) is 12.7 Å². The number of hydrogen-bond acceptors (Lipinski definition) is 1. The van der Waals surface area contributed by atoms with Gasteiger partial charge in [0.1, 0.15) is 0 Å². The molecule has 0 spiro atoms. The summed E-state index contributed by atoms with van der Waals surface area (Å²) in [7, 11) is 0. The third kappa shape index (κ3) is 1.02. The van der Waals surface area contributed by atoms with Gasteiger partial charge in [-0.05, 0) is 37.5 Å².